The molecule has 10 heteroatoms. The van der Waals surface area contributed by atoms with Crippen LogP contribution >= 0.6 is 0 Å². The Morgan fingerprint density at radius 3 is 2.54 bits per heavy atom. The number of aryl methyl sites for hydroxylation is 1. The van der Waals surface area contributed by atoms with Crippen molar-refractivity contribution in [2.24, 2.45) is 5.41 Å². The molecule has 1 amide bonds. The summed E-state index contributed by atoms with van der Waals surface area (Å²) in [5.74, 6) is 0.0569. The molecule has 2 aromatic heterocycles. The zero-order valence-electron chi connectivity index (χ0n) is 20.2. The van der Waals surface area contributed by atoms with Crippen LogP contribution in [0.5, 0.6) is 5.75 Å². The van der Waals surface area contributed by atoms with Gasteiger partial charge in [0.2, 0.25) is 0 Å². The number of hydrogen-bond acceptors (Lipinski definition) is 5. The summed E-state index contributed by atoms with van der Waals surface area (Å²) >= 11 is 0. The maximum atomic E-state index is 13.7. The maximum Gasteiger partial charge on any atom is 0.417 e. The number of alkyl halides is 3. The Morgan fingerprint density at radius 2 is 1.89 bits per heavy atom. The van der Waals surface area contributed by atoms with E-state index in [9.17, 15) is 22.4 Å². The summed E-state index contributed by atoms with van der Waals surface area (Å²) < 4.78 is 57.7. The van der Waals surface area contributed by atoms with Gasteiger partial charge in [-0.3, -0.25) is 4.79 Å². The lowest BCUT2D eigenvalue weighted by Crippen LogP contribution is -2.40. The molecule has 5 rings (SSSR count). The lowest BCUT2D eigenvalue weighted by molar-refractivity contribution is -0.137. The number of carbonyl (C=O) groups excluding carboxylic acids is 1. The highest BCUT2D eigenvalue weighted by molar-refractivity contribution is 5.95. The predicted octanol–water partition coefficient (Wildman–Crippen LogP) is 5.63. The summed E-state index contributed by atoms with van der Waals surface area (Å²) in [6.07, 6.45) is -0.800. The summed E-state index contributed by atoms with van der Waals surface area (Å²) in [6.45, 7) is 2.89. The fraction of sp³-hybridized carbons (Fsp3) is 0.370. The number of amides is 1. The first-order valence-electron chi connectivity index (χ1n) is 12.0. The third-order valence-corrected chi connectivity index (χ3v) is 6.95. The molecule has 0 unspecified atom stereocenters. The number of aromatic nitrogens is 2. The van der Waals surface area contributed by atoms with Crippen LogP contribution in [0.1, 0.15) is 46.6 Å². The molecule has 2 aliphatic rings. The van der Waals surface area contributed by atoms with E-state index in [1.165, 1.54) is 18.2 Å². The van der Waals surface area contributed by atoms with E-state index in [2.05, 4.69) is 15.3 Å². The van der Waals surface area contributed by atoms with Crippen molar-refractivity contribution in [2.45, 2.75) is 45.0 Å². The number of halogens is 4. The van der Waals surface area contributed by atoms with Crippen molar-refractivity contribution in [1.82, 2.24) is 14.9 Å². The van der Waals surface area contributed by atoms with E-state index in [0.717, 1.165) is 37.1 Å². The Kier molecular flexibility index (Phi) is 6.51. The van der Waals surface area contributed by atoms with E-state index >= 15 is 0 Å². The Hall–Kier alpha value is -3.69. The first-order chi connectivity index (χ1) is 17.6. The molecule has 1 saturated carbocycles. The van der Waals surface area contributed by atoms with Crippen LogP contribution in [0.4, 0.5) is 23.4 Å². The predicted molar refractivity (Wildman–Crippen MR) is 129 cm³/mol. The molecule has 1 atom stereocenters. The minimum Gasteiger partial charge on any atom is -0.486 e. The molecule has 194 valence electrons. The number of anilines is 1. The molecule has 1 aromatic carbocycles. The number of nitrogens with zero attached hydrogens (tertiary/aromatic N) is 3. The summed E-state index contributed by atoms with van der Waals surface area (Å²) in [7, 11) is 0. The number of hydrogen-bond donors (Lipinski definition) is 1. The molecule has 1 saturated heterocycles. The van der Waals surface area contributed by atoms with Crippen molar-refractivity contribution in [2.75, 3.05) is 18.4 Å². The van der Waals surface area contributed by atoms with E-state index in [4.69, 9.17) is 4.74 Å². The highest BCUT2D eigenvalue weighted by atomic mass is 19.4. The van der Waals surface area contributed by atoms with Gasteiger partial charge in [-0.1, -0.05) is 12.1 Å². The van der Waals surface area contributed by atoms with Crippen molar-refractivity contribution in [3.63, 3.8) is 0 Å². The first kappa shape index (κ1) is 25.0. The molecule has 0 radical (unpaired) electrons. The summed E-state index contributed by atoms with van der Waals surface area (Å²) in [5, 5.41) is 3.09. The van der Waals surface area contributed by atoms with Gasteiger partial charge in [-0.2, -0.15) is 13.2 Å². The van der Waals surface area contributed by atoms with Crippen LogP contribution in [0.25, 0.3) is 0 Å². The SMILES string of the molecule is Cc1ccc(OCc2ccc(F)cc2)c(C(=O)N2CC3(CC3)C[C@H]2CNc2ccc(C(F)(F)F)cn2)n1. The van der Waals surface area contributed by atoms with Crippen LogP contribution in [0.2, 0.25) is 0 Å². The minimum absolute atomic E-state index is 0.0779. The van der Waals surface area contributed by atoms with E-state index < -0.39 is 11.7 Å². The maximum absolute atomic E-state index is 13.7. The molecule has 6 nitrogen and oxygen atoms in total. The average molecular weight is 515 g/mol. The standard InChI is InChI=1S/C27H26F4N4O2/c1-17-2-8-22(37-15-18-3-6-20(28)7-4-18)24(34-17)25(36)35-16-26(10-11-26)12-21(35)14-33-23-9-5-19(13-32-23)27(29,30)31/h2-9,13,21H,10-12,14-16H2,1H3,(H,32,33)/t21-/m0/s1. The van der Waals surface area contributed by atoms with E-state index in [1.54, 1.807) is 36.1 Å². The molecule has 1 aliphatic heterocycles. The number of pyridine rings is 2. The number of likely N-dealkylation sites (tertiary alicyclic amines) is 1. The van der Waals surface area contributed by atoms with Crippen molar-refractivity contribution < 1.29 is 27.1 Å². The largest absolute Gasteiger partial charge is 0.486 e. The first-order valence-corrected chi connectivity index (χ1v) is 12.0. The van der Waals surface area contributed by atoms with Gasteiger partial charge in [0.05, 0.1) is 5.56 Å². The van der Waals surface area contributed by atoms with Crippen LogP contribution in [0.15, 0.2) is 54.7 Å². The number of benzene rings is 1. The lowest BCUT2D eigenvalue weighted by Gasteiger charge is -2.26. The Balaban J connectivity index is 1.31. The van der Waals surface area contributed by atoms with Crippen molar-refractivity contribution in [3.05, 3.63) is 83.1 Å². The van der Waals surface area contributed by atoms with Crippen LogP contribution in [0.3, 0.4) is 0 Å². The average Bonchev–Trinajstić information content (AvgIpc) is 3.53. The molecule has 3 heterocycles. The number of nitrogens with one attached hydrogen (secondary N) is 1. The van der Waals surface area contributed by atoms with Crippen LogP contribution < -0.4 is 10.1 Å². The van der Waals surface area contributed by atoms with E-state index in [1.807, 2.05) is 0 Å². The van der Waals surface area contributed by atoms with Crippen LogP contribution in [0, 0.1) is 18.2 Å². The normalized spacial score (nSPS) is 18.2. The smallest absolute Gasteiger partial charge is 0.417 e. The van der Waals surface area contributed by atoms with Crippen molar-refractivity contribution in [3.8, 4) is 5.75 Å². The van der Waals surface area contributed by atoms with Gasteiger partial charge in [0.25, 0.3) is 5.91 Å². The molecule has 0 bridgehead atoms. The van der Waals surface area contributed by atoms with Gasteiger partial charge in [0, 0.05) is 31.0 Å². The van der Waals surface area contributed by atoms with Crippen molar-refractivity contribution >= 4 is 11.7 Å². The Morgan fingerprint density at radius 1 is 1.14 bits per heavy atom. The second-order valence-electron chi connectivity index (χ2n) is 9.82. The fourth-order valence-corrected chi connectivity index (χ4v) is 4.70. The molecule has 1 spiro atoms. The molecular weight excluding hydrogens is 488 g/mol. The molecule has 37 heavy (non-hydrogen) atoms. The second kappa shape index (κ2) is 9.64. The van der Waals surface area contributed by atoms with Gasteiger partial charge in [-0.15, -0.1) is 0 Å². The molecule has 1 aliphatic carbocycles. The molecule has 1 N–H and O–H groups in total. The third kappa shape index (κ3) is 5.68. The molecule has 3 aromatic rings. The summed E-state index contributed by atoms with van der Waals surface area (Å²) in [5.41, 5.74) is 0.893. The number of ether oxygens (including phenoxy) is 1. The van der Waals surface area contributed by atoms with E-state index in [0.29, 0.717) is 30.4 Å². The quantitative estimate of drug-likeness (QED) is 0.414. The zero-order valence-corrected chi connectivity index (χ0v) is 20.2. The highest BCUT2D eigenvalue weighted by Gasteiger charge is 2.53. The van der Waals surface area contributed by atoms with Crippen LogP contribution in [-0.2, 0) is 12.8 Å². The van der Waals surface area contributed by atoms with Gasteiger partial charge in [0.1, 0.15) is 18.2 Å². The molecule has 2 fully saturated rings. The van der Waals surface area contributed by atoms with Crippen molar-refractivity contribution in [1.29, 1.82) is 0 Å². The monoisotopic (exact) mass is 514 g/mol. The molecular formula is C27H26F4N4O2. The van der Waals surface area contributed by atoms with Crippen LogP contribution in [-0.4, -0.2) is 39.9 Å². The lowest BCUT2D eigenvalue weighted by atomic mass is 10.0. The fourth-order valence-electron chi connectivity index (χ4n) is 4.70. The second-order valence-corrected chi connectivity index (χ2v) is 9.82. The minimum atomic E-state index is -4.45. The Labute approximate surface area is 211 Å². The van der Waals surface area contributed by atoms with Gasteiger partial charge in [0.15, 0.2) is 11.4 Å². The van der Waals surface area contributed by atoms with Gasteiger partial charge >= 0.3 is 6.18 Å². The number of rotatable bonds is 7. The number of carbonyl (C=O) groups is 1. The zero-order chi connectivity index (χ0) is 26.2. The van der Waals surface area contributed by atoms with Gasteiger partial charge in [-0.05, 0) is 73.6 Å². The third-order valence-electron chi connectivity index (χ3n) is 6.95. The summed E-state index contributed by atoms with van der Waals surface area (Å²) in [4.78, 5) is 23.9. The highest BCUT2D eigenvalue weighted by Crippen LogP contribution is 2.55. The van der Waals surface area contributed by atoms with Gasteiger partial charge < -0.3 is 15.0 Å². The Bertz CT molecular complexity index is 1280. The van der Waals surface area contributed by atoms with Gasteiger partial charge in [-0.25, -0.2) is 14.4 Å². The topological polar surface area (TPSA) is 67.3 Å². The van der Waals surface area contributed by atoms with E-state index in [-0.39, 0.29) is 35.5 Å². The summed E-state index contributed by atoms with van der Waals surface area (Å²) in [6, 6.07) is 11.5.